The Kier molecular flexibility index (Phi) is 2.24. The summed E-state index contributed by atoms with van der Waals surface area (Å²) < 4.78 is 0. The molecule has 2 aliphatic rings. The summed E-state index contributed by atoms with van der Waals surface area (Å²) in [7, 11) is 0. The van der Waals surface area contributed by atoms with Crippen LogP contribution in [0.5, 0.6) is 0 Å². The summed E-state index contributed by atoms with van der Waals surface area (Å²) >= 11 is 0. The van der Waals surface area contributed by atoms with Crippen molar-refractivity contribution in [2.75, 3.05) is 13.1 Å². The summed E-state index contributed by atoms with van der Waals surface area (Å²) in [6.45, 7) is 2.36. The third-order valence-electron chi connectivity index (χ3n) is 2.54. The maximum absolute atomic E-state index is 3.65. The van der Waals surface area contributed by atoms with E-state index < -0.39 is 0 Å². The molecule has 1 aliphatic carbocycles. The fraction of sp³-hybridized carbons (Fsp3) is 0.778. The van der Waals surface area contributed by atoms with Crippen molar-refractivity contribution in [3.8, 4) is 0 Å². The third kappa shape index (κ3) is 1.82. The first-order valence-corrected chi connectivity index (χ1v) is 4.57. The number of nitrogens with one attached hydrogen (secondary N) is 2. The van der Waals surface area contributed by atoms with Gasteiger partial charge in [-0.3, -0.25) is 0 Å². The first-order valence-electron chi connectivity index (χ1n) is 4.57. The maximum atomic E-state index is 3.65. The lowest BCUT2D eigenvalue weighted by molar-refractivity contribution is 0.458. The van der Waals surface area contributed by atoms with E-state index in [9.17, 15) is 0 Å². The zero-order chi connectivity index (χ0) is 7.52. The Labute approximate surface area is 68.1 Å². The molecule has 0 aromatic rings. The van der Waals surface area contributed by atoms with Crippen molar-refractivity contribution in [1.82, 2.24) is 10.6 Å². The van der Waals surface area contributed by atoms with E-state index in [2.05, 4.69) is 22.8 Å². The highest BCUT2D eigenvalue weighted by molar-refractivity contribution is 4.99. The molecule has 0 radical (unpaired) electrons. The van der Waals surface area contributed by atoms with Gasteiger partial charge in [0, 0.05) is 18.6 Å². The molecule has 0 amide bonds. The lowest BCUT2D eigenvalue weighted by Gasteiger charge is -2.17. The van der Waals surface area contributed by atoms with Gasteiger partial charge in [0.25, 0.3) is 0 Å². The van der Waals surface area contributed by atoms with Crippen LogP contribution < -0.4 is 10.6 Å². The zero-order valence-corrected chi connectivity index (χ0v) is 6.84. The summed E-state index contributed by atoms with van der Waals surface area (Å²) in [6.07, 6.45) is 8.32. The smallest absolute Gasteiger partial charge is 0.0207 e. The number of rotatable bonds is 2. The summed E-state index contributed by atoms with van der Waals surface area (Å²) in [5, 5.41) is 7.02. The molecule has 1 atom stereocenters. The Morgan fingerprint density at radius 3 is 2.64 bits per heavy atom. The number of hydrogen-bond donors (Lipinski definition) is 2. The van der Waals surface area contributed by atoms with Gasteiger partial charge in [-0.2, -0.15) is 0 Å². The lowest BCUT2D eigenvalue weighted by Crippen LogP contribution is -2.38. The van der Waals surface area contributed by atoms with E-state index in [4.69, 9.17) is 0 Å². The van der Waals surface area contributed by atoms with Crippen molar-refractivity contribution in [2.24, 2.45) is 0 Å². The van der Waals surface area contributed by atoms with Gasteiger partial charge in [0.1, 0.15) is 0 Å². The van der Waals surface area contributed by atoms with E-state index in [1.54, 1.807) is 0 Å². The highest BCUT2D eigenvalue weighted by atomic mass is 15.0. The molecule has 0 saturated carbocycles. The number of hydrogen-bond acceptors (Lipinski definition) is 2. The van der Waals surface area contributed by atoms with Crippen molar-refractivity contribution in [3.63, 3.8) is 0 Å². The summed E-state index contributed by atoms with van der Waals surface area (Å²) in [5.41, 5.74) is 0. The second kappa shape index (κ2) is 3.37. The minimum absolute atomic E-state index is 0.736. The van der Waals surface area contributed by atoms with Crippen LogP contribution in [0.4, 0.5) is 0 Å². The molecule has 11 heavy (non-hydrogen) atoms. The van der Waals surface area contributed by atoms with E-state index in [1.165, 1.54) is 25.8 Å². The molecule has 2 rings (SSSR count). The molecular formula is C9H16N2. The van der Waals surface area contributed by atoms with Gasteiger partial charge >= 0.3 is 0 Å². The molecule has 2 N–H and O–H groups in total. The van der Waals surface area contributed by atoms with Crippen LogP contribution in [0.2, 0.25) is 0 Å². The second-order valence-corrected chi connectivity index (χ2v) is 3.50. The van der Waals surface area contributed by atoms with Crippen molar-refractivity contribution in [2.45, 2.75) is 31.3 Å². The molecular weight excluding hydrogens is 136 g/mol. The first kappa shape index (κ1) is 7.32. The highest BCUT2D eigenvalue weighted by Crippen LogP contribution is 2.11. The Morgan fingerprint density at radius 1 is 1.18 bits per heavy atom. The van der Waals surface area contributed by atoms with E-state index in [-0.39, 0.29) is 0 Å². The minimum atomic E-state index is 0.736. The molecule has 1 unspecified atom stereocenters. The Bertz CT molecular complexity index is 140. The SMILES string of the molecule is C1=CCC(NC2CCNC2)C1. The first-order chi connectivity index (χ1) is 5.45. The van der Waals surface area contributed by atoms with Gasteiger partial charge in [-0.15, -0.1) is 0 Å². The van der Waals surface area contributed by atoms with E-state index in [0.29, 0.717) is 0 Å². The Hall–Kier alpha value is -0.340. The Balaban J connectivity index is 1.72. The Morgan fingerprint density at radius 2 is 2.00 bits per heavy atom. The van der Waals surface area contributed by atoms with Gasteiger partial charge in [0.05, 0.1) is 0 Å². The van der Waals surface area contributed by atoms with Gasteiger partial charge in [0.15, 0.2) is 0 Å². The van der Waals surface area contributed by atoms with Crippen LogP contribution in [0, 0.1) is 0 Å². The fourth-order valence-electron chi connectivity index (χ4n) is 1.88. The molecule has 0 bridgehead atoms. The van der Waals surface area contributed by atoms with E-state index in [0.717, 1.165) is 18.6 Å². The molecule has 0 aromatic carbocycles. The van der Waals surface area contributed by atoms with Crippen molar-refractivity contribution in [3.05, 3.63) is 12.2 Å². The van der Waals surface area contributed by atoms with Crippen molar-refractivity contribution >= 4 is 0 Å². The van der Waals surface area contributed by atoms with Crippen LogP contribution in [0.25, 0.3) is 0 Å². The molecule has 0 aromatic heterocycles. The monoisotopic (exact) mass is 152 g/mol. The van der Waals surface area contributed by atoms with Crippen LogP contribution in [0.1, 0.15) is 19.3 Å². The van der Waals surface area contributed by atoms with E-state index >= 15 is 0 Å². The summed E-state index contributed by atoms with van der Waals surface area (Å²) in [6, 6.07) is 1.47. The summed E-state index contributed by atoms with van der Waals surface area (Å²) in [4.78, 5) is 0. The molecule has 2 heteroatoms. The van der Waals surface area contributed by atoms with Gasteiger partial charge in [-0.1, -0.05) is 12.2 Å². The fourth-order valence-corrected chi connectivity index (χ4v) is 1.88. The van der Waals surface area contributed by atoms with Gasteiger partial charge < -0.3 is 10.6 Å². The quantitative estimate of drug-likeness (QED) is 0.568. The summed E-state index contributed by atoms with van der Waals surface area (Å²) in [5.74, 6) is 0. The standard InChI is InChI=1S/C9H16N2/c1-2-4-8(3-1)11-9-5-6-10-7-9/h1-2,8-11H,3-7H2. The third-order valence-corrected chi connectivity index (χ3v) is 2.54. The highest BCUT2D eigenvalue weighted by Gasteiger charge is 2.18. The normalized spacial score (nSPS) is 31.8. The van der Waals surface area contributed by atoms with Crippen LogP contribution in [-0.2, 0) is 0 Å². The molecule has 0 spiro atoms. The molecule has 1 aliphatic heterocycles. The van der Waals surface area contributed by atoms with Crippen LogP contribution in [-0.4, -0.2) is 25.2 Å². The topological polar surface area (TPSA) is 24.1 Å². The maximum Gasteiger partial charge on any atom is 0.0207 e. The van der Waals surface area contributed by atoms with Crippen LogP contribution in [0.15, 0.2) is 12.2 Å². The van der Waals surface area contributed by atoms with Crippen molar-refractivity contribution < 1.29 is 0 Å². The van der Waals surface area contributed by atoms with E-state index in [1.807, 2.05) is 0 Å². The minimum Gasteiger partial charge on any atom is -0.315 e. The van der Waals surface area contributed by atoms with Crippen LogP contribution in [0.3, 0.4) is 0 Å². The molecule has 1 heterocycles. The van der Waals surface area contributed by atoms with Gasteiger partial charge in [-0.25, -0.2) is 0 Å². The molecule has 1 fully saturated rings. The molecule has 2 nitrogen and oxygen atoms in total. The van der Waals surface area contributed by atoms with Gasteiger partial charge in [-0.05, 0) is 25.8 Å². The average Bonchev–Trinajstić information content (AvgIpc) is 2.60. The van der Waals surface area contributed by atoms with Gasteiger partial charge in [0.2, 0.25) is 0 Å². The predicted octanol–water partition coefficient (Wildman–Crippen LogP) is 0.656. The van der Waals surface area contributed by atoms with Crippen LogP contribution >= 0.6 is 0 Å². The molecule has 1 saturated heterocycles. The molecule has 62 valence electrons. The zero-order valence-electron chi connectivity index (χ0n) is 6.84. The van der Waals surface area contributed by atoms with Crippen molar-refractivity contribution in [1.29, 1.82) is 0 Å². The average molecular weight is 152 g/mol. The lowest BCUT2D eigenvalue weighted by atomic mass is 10.2. The second-order valence-electron chi connectivity index (χ2n) is 3.50. The predicted molar refractivity (Wildman–Crippen MR) is 46.6 cm³/mol. The largest absolute Gasteiger partial charge is 0.315 e.